The van der Waals surface area contributed by atoms with E-state index in [4.69, 9.17) is 0 Å². The van der Waals surface area contributed by atoms with E-state index in [2.05, 4.69) is 16.0 Å². The molecule has 0 aliphatic heterocycles. The zero-order valence-electron chi connectivity index (χ0n) is 12.9. The normalized spacial score (nSPS) is 13.3. The van der Waals surface area contributed by atoms with Crippen LogP contribution in [-0.4, -0.2) is 24.5 Å². The second-order valence-corrected chi connectivity index (χ2v) is 5.10. The van der Waals surface area contributed by atoms with Gasteiger partial charge in [-0.2, -0.15) is 0 Å². The molecule has 22 heavy (non-hydrogen) atoms. The van der Waals surface area contributed by atoms with Crippen molar-refractivity contribution in [2.45, 2.75) is 39.3 Å². The van der Waals surface area contributed by atoms with Gasteiger partial charge in [-0.1, -0.05) is 13.0 Å². The summed E-state index contributed by atoms with van der Waals surface area (Å²) in [6, 6.07) is 2.15. The quantitative estimate of drug-likeness (QED) is 0.754. The van der Waals surface area contributed by atoms with E-state index in [1.165, 1.54) is 6.07 Å². The number of hydrogen-bond donors (Lipinski definition) is 3. The number of rotatable bonds is 6. The van der Waals surface area contributed by atoms with Crippen molar-refractivity contribution in [1.82, 2.24) is 16.0 Å². The van der Waals surface area contributed by atoms with Crippen LogP contribution in [0.2, 0.25) is 0 Å². The SMILES string of the molecule is CC[C@@H](C)NC(=O)NC(=O)CN[C@H](C)c1ccc(F)cc1F. The van der Waals surface area contributed by atoms with Gasteiger partial charge in [0.1, 0.15) is 11.6 Å². The molecular formula is C15H21F2N3O2. The van der Waals surface area contributed by atoms with Crippen molar-refractivity contribution in [3.8, 4) is 0 Å². The molecule has 0 saturated carbocycles. The number of hydrogen-bond acceptors (Lipinski definition) is 3. The summed E-state index contributed by atoms with van der Waals surface area (Å²) in [5.74, 6) is -1.88. The molecule has 0 bridgehead atoms. The molecule has 0 aliphatic rings. The van der Waals surface area contributed by atoms with E-state index >= 15 is 0 Å². The third-order valence-corrected chi connectivity index (χ3v) is 3.24. The molecule has 122 valence electrons. The Kier molecular flexibility index (Phi) is 6.91. The number of halogens is 2. The molecule has 7 heteroatoms. The number of imide groups is 1. The Bertz CT molecular complexity index is 538. The summed E-state index contributed by atoms with van der Waals surface area (Å²) >= 11 is 0. The molecule has 1 aromatic rings. The van der Waals surface area contributed by atoms with Crippen LogP contribution >= 0.6 is 0 Å². The van der Waals surface area contributed by atoms with Gasteiger partial charge in [0.2, 0.25) is 5.91 Å². The highest BCUT2D eigenvalue weighted by molar-refractivity contribution is 5.95. The minimum Gasteiger partial charge on any atom is -0.335 e. The van der Waals surface area contributed by atoms with E-state index in [-0.39, 0.29) is 18.2 Å². The number of carbonyl (C=O) groups is 2. The van der Waals surface area contributed by atoms with Crippen molar-refractivity contribution < 1.29 is 18.4 Å². The lowest BCUT2D eigenvalue weighted by atomic mass is 10.1. The van der Waals surface area contributed by atoms with Gasteiger partial charge in [-0.05, 0) is 26.3 Å². The van der Waals surface area contributed by atoms with Crippen LogP contribution in [0.15, 0.2) is 18.2 Å². The molecular weight excluding hydrogens is 292 g/mol. The molecule has 3 amide bonds. The molecule has 1 rings (SSSR count). The first-order chi connectivity index (χ1) is 10.3. The van der Waals surface area contributed by atoms with Crippen LogP contribution in [0, 0.1) is 11.6 Å². The van der Waals surface area contributed by atoms with Gasteiger partial charge < -0.3 is 10.6 Å². The number of carbonyl (C=O) groups excluding carboxylic acids is 2. The highest BCUT2D eigenvalue weighted by Crippen LogP contribution is 2.17. The van der Waals surface area contributed by atoms with E-state index < -0.39 is 29.6 Å². The molecule has 0 fully saturated rings. The molecule has 0 aromatic heterocycles. The molecule has 3 N–H and O–H groups in total. The Labute approximate surface area is 128 Å². The number of benzene rings is 1. The first-order valence-corrected chi connectivity index (χ1v) is 7.12. The maximum atomic E-state index is 13.6. The van der Waals surface area contributed by atoms with Crippen LogP contribution in [0.5, 0.6) is 0 Å². The lowest BCUT2D eigenvalue weighted by Crippen LogP contribution is -2.46. The van der Waals surface area contributed by atoms with Crippen LogP contribution in [0.4, 0.5) is 13.6 Å². The zero-order chi connectivity index (χ0) is 16.7. The van der Waals surface area contributed by atoms with Crippen LogP contribution in [0.25, 0.3) is 0 Å². The highest BCUT2D eigenvalue weighted by Gasteiger charge is 2.14. The maximum absolute atomic E-state index is 13.6. The monoisotopic (exact) mass is 313 g/mol. The number of amides is 3. The molecule has 0 aliphatic carbocycles. The van der Waals surface area contributed by atoms with Crippen molar-refractivity contribution in [2.75, 3.05) is 6.54 Å². The van der Waals surface area contributed by atoms with E-state index in [0.717, 1.165) is 18.6 Å². The van der Waals surface area contributed by atoms with E-state index in [1.807, 2.05) is 13.8 Å². The standard InChI is InChI=1S/C15H21F2N3O2/c1-4-9(2)19-15(22)20-14(21)8-18-10(3)12-6-5-11(16)7-13(12)17/h5-7,9-10,18H,4,8H2,1-3H3,(H2,19,20,21,22)/t9-,10-/m1/s1. The Morgan fingerprint density at radius 3 is 2.50 bits per heavy atom. The predicted molar refractivity (Wildman–Crippen MR) is 79.2 cm³/mol. The topological polar surface area (TPSA) is 70.2 Å². The highest BCUT2D eigenvalue weighted by atomic mass is 19.1. The molecule has 5 nitrogen and oxygen atoms in total. The van der Waals surface area contributed by atoms with Gasteiger partial charge in [-0.15, -0.1) is 0 Å². The predicted octanol–water partition coefficient (Wildman–Crippen LogP) is 2.24. The molecule has 0 spiro atoms. The van der Waals surface area contributed by atoms with Gasteiger partial charge >= 0.3 is 6.03 Å². The fourth-order valence-electron chi connectivity index (χ4n) is 1.74. The molecule has 2 atom stereocenters. The minimum absolute atomic E-state index is 0.0343. The lowest BCUT2D eigenvalue weighted by Gasteiger charge is -2.15. The van der Waals surface area contributed by atoms with E-state index in [1.54, 1.807) is 6.92 Å². The van der Waals surface area contributed by atoms with E-state index in [0.29, 0.717) is 0 Å². The minimum atomic E-state index is -0.685. The summed E-state index contributed by atoms with van der Waals surface area (Å²) in [6.07, 6.45) is 0.751. The lowest BCUT2D eigenvalue weighted by molar-refractivity contribution is -0.119. The zero-order valence-corrected chi connectivity index (χ0v) is 12.9. The first-order valence-electron chi connectivity index (χ1n) is 7.12. The summed E-state index contributed by atoms with van der Waals surface area (Å²) in [5, 5.41) is 7.54. The largest absolute Gasteiger partial charge is 0.335 e. The van der Waals surface area contributed by atoms with Crippen molar-refractivity contribution in [2.24, 2.45) is 0 Å². The van der Waals surface area contributed by atoms with Gasteiger partial charge in [0.05, 0.1) is 6.54 Å². The third kappa shape index (κ3) is 5.77. The van der Waals surface area contributed by atoms with Crippen molar-refractivity contribution in [3.05, 3.63) is 35.4 Å². The third-order valence-electron chi connectivity index (χ3n) is 3.24. The summed E-state index contributed by atoms with van der Waals surface area (Å²) in [4.78, 5) is 23.1. The van der Waals surface area contributed by atoms with Gasteiger partial charge in [-0.3, -0.25) is 10.1 Å². The van der Waals surface area contributed by atoms with Crippen LogP contribution in [0.3, 0.4) is 0 Å². The second-order valence-electron chi connectivity index (χ2n) is 5.10. The van der Waals surface area contributed by atoms with Gasteiger partial charge in [0, 0.05) is 23.7 Å². The molecule has 0 unspecified atom stereocenters. The summed E-state index contributed by atoms with van der Waals surface area (Å²) in [6.45, 7) is 5.21. The smallest absolute Gasteiger partial charge is 0.321 e. The average Bonchev–Trinajstić information content (AvgIpc) is 2.44. The summed E-state index contributed by atoms with van der Waals surface area (Å²) in [7, 11) is 0. The average molecular weight is 313 g/mol. The molecule has 0 heterocycles. The fourth-order valence-corrected chi connectivity index (χ4v) is 1.74. The Morgan fingerprint density at radius 2 is 1.91 bits per heavy atom. The first kappa shape index (κ1) is 18.0. The molecule has 0 saturated heterocycles. The van der Waals surface area contributed by atoms with Gasteiger partial charge in [0.15, 0.2) is 0 Å². The van der Waals surface area contributed by atoms with E-state index in [9.17, 15) is 18.4 Å². The molecule has 1 aromatic carbocycles. The Balaban J connectivity index is 2.45. The van der Waals surface area contributed by atoms with Crippen molar-refractivity contribution >= 4 is 11.9 Å². The molecule has 0 radical (unpaired) electrons. The maximum Gasteiger partial charge on any atom is 0.321 e. The van der Waals surface area contributed by atoms with Crippen molar-refractivity contribution in [3.63, 3.8) is 0 Å². The van der Waals surface area contributed by atoms with Crippen LogP contribution in [0.1, 0.15) is 38.8 Å². The Morgan fingerprint density at radius 1 is 1.23 bits per heavy atom. The fraction of sp³-hybridized carbons (Fsp3) is 0.467. The number of nitrogens with one attached hydrogen (secondary N) is 3. The second kappa shape index (κ2) is 8.43. The van der Waals surface area contributed by atoms with Gasteiger partial charge in [-0.25, -0.2) is 13.6 Å². The van der Waals surface area contributed by atoms with Crippen LogP contribution < -0.4 is 16.0 Å². The van der Waals surface area contributed by atoms with Crippen LogP contribution in [-0.2, 0) is 4.79 Å². The Hall–Kier alpha value is -2.02. The number of urea groups is 1. The van der Waals surface area contributed by atoms with Gasteiger partial charge in [0.25, 0.3) is 0 Å². The summed E-state index contributed by atoms with van der Waals surface area (Å²) < 4.78 is 26.4. The summed E-state index contributed by atoms with van der Waals surface area (Å²) in [5.41, 5.74) is 0.248. The van der Waals surface area contributed by atoms with Crippen molar-refractivity contribution in [1.29, 1.82) is 0 Å².